The molecule has 2 aromatic heterocycles. The fourth-order valence-corrected chi connectivity index (χ4v) is 3.90. The molecule has 0 unspecified atom stereocenters. The molecule has 1 aliphatic rings. The Bertz CT molecular complexity index is 1150. The number of amides is 2. The number of hydrogen-bond acceptors (Lipinski definition) is 5. The lowest BCUT2D eigenvalue weighted by Gasteiger charge is -2.21. The van der Waals surface area contributed by atoms with Crippen LogP contribution in [0.4, 0.5) is 10.5 Å². The van der Waals surface area contributed by atoms with Gasteiger partial charge in [0.2, 0.25) is 0 Å². The third-order valence-electron chi connectivity index (χ3n) is 5.69. The number of nitrogens with one attached hydrogen (secondary N) is 2. The van der Waals surface area contributed by atoms with Gasteiger partial charge in [-0.25, -0.2) is 9.78 Å². The Hall–Kier alpha value is -3.68. The lowest BCUT2D eigenvalue weighted by Crippen LogP contribution is -2.31. The summed E-state index contributed by atoms with van der Waals surface area (Å²) in [5.74, 6) is 0.278. The summed E-state index contributed by atoms with van der Waals surface area (Å²) in [6, 6.07) is 12.5. The van der Waals surface area contributed by atoms with Gasteiger partial charge < -0.3 is 10.1 Å². The minimum absolute atomic E-state index is 0.0275. The molecule has 32 heavy (non-hydrogen) atoms. The standard InChI is InChI=1S/C24H26N4O4/c29-22(26-13-17-7-3-1-4-8-17)19-11-12-21-25-14-20(23(30)28(21)15-19)27-24(31)32-16-18-9-5-2-6-10-18/h2,5-6,9-12,14-15,17H,1,3-4,7-8,13,16H2,(H,26,29)(H,27,31). The predicted molar refractivity (Wildman–Crippen MR) is 121 cm³/mol. The Morgan fingerprint density at radius 3 is 2.62 bits per heavy atom. The van der Waals surface area contributed by atoms with Crippen molar-refractivity contribution >= 4 is 23.3 Å². The zero-order chi connectivity index (χ0) is 22.3. The molecule has 8 nitrogen and oxygen atoms in total. The summed E-state index contributed by atoms with van der Waals surface area (Å²) in [5, 5.41) is 5.40. The van der Waals surface area contributed by atoms with E-state index in [4.69, 9.17) is 4.74 Å². The Kier molecular flexibility index (Phi) is 6.79. The van der Waals surface area contributed by atoms with Crippen molar-refractivity contribution in [1.82, 2.24) is 14.7 Å². The molecular weight excluding hydrogens is 408 g/mol. The van der Waals surface area contributed by atoms with E-state index in [1.54, 1.807) is 12.1 Å². The van der Waals surface area contributed by atoms with Crippen LogP contribution in [-0.4, -0.2) is 27.9 Å². The van der Waals surface area contributed by atoms with Gasteiger partial charge in [-0.05, 0) is 36.5 Å². The molecule has 1 aliphatic carbocycles. The Labute approximate surface area is 185 Å². The lowest BCUT2D eigenvalue weighted by atomic mass is 9.89. The molecule has 0 atom stereocenters. The average Bonchev–Trinajstić information content (AvgIpc) is 2.84. The number of hydrogen-bond donors (Lipinski definition) is 2. The van der Waals surface area contributed by atoms with Crippen LogP contribution in [0.2, 0.25) is 0 Å². The highest BCUT2D eigenvalue weighted by Gasteiger charge is 2.16. The second-order valence-corrected chi connectivity index (χ2v) is 8.02. The van der Waals surface area contributed by atoms with Crippen molar-refractivity contribution in [3.8, 4) is 0 Å². The topological polar surface area (TPSA) is 102 Å². The van der Waals surface area contributed by atoms with E-state index in [9.17, 15) is 14.4 Å². The molecular formula is C24H26N4O4. The quantitative estimate of drug-likeness (QED) is 0.615. The molecule has 1 aromatic carbocycles. The number of pyridine rings is 1. The van der Waals surface area contributed by atoms with Gasteiger partial charge in [0.25, 0.3) is 11.5 Å². The molecule has 0 radical (unpaired) electrons. The molecule has 2 amide bonds. The maximum absolute atomic E-state index is 12.8. The molecule has 0 bridgehead atoms. The first kappa shape index (κ1) is 21.5. The van der Waals surface area contributed by atoms with Gasteiger partial charge in [-0.15, -0.1) is 0 Å². The molecule has 0 saturated heterocycles. The Morgan fingerprint density at radius 1 is 1.06 bits per heavy atom. The molecule has 2 heterocycles. The van der Waals surface area contributed by atoms with Gasteiger partial charge >= 0.3 is 6.09 Å². The van der Waals surface area contributed by atoms with Crippen molar-refractivity contribution in [2.24, 2.45) is 5.92 Å². The number of benzene rings is 1. The van der Waals surface area contributed by atoms with Gasteiger partial charge in [0, 0.05) is 12.7 Å². The van der Waals surface area contributed by atoms with Crippen LogP contribution in [0, 0.1) is 5.92 Å². The molecule has 1 saturated carbocycles. The van der Waals surface area contributed by atoms with Crippen LogP contribution in [-0.2, 0) is 11.3 Å². The fourth-order valence-electron chi connectivity index (χ4n) is 3.90. The second kappa shape index (κ2) is 10.1. The van der Waals surface area contributed by atoms with E-state index in [1.165, 1.54) is 36.1 Å². The van der Waals surface area contributed by atoms with E-state index in [-0.39, 0.29) is 18.2 Å². The van der Waals surface area contributed by atoms with Crippen molar-refractivity contribution in [3.05, 3.63) is 76.3 Å². The van der Waals surface area contributed by atoms with Gasteiger partial charge in [-0.3, -0.25) is 19.3 Å². The largest absolute Gasteiger partial charge is 0.444 e. The molecule has 0 aliphatic heterocycles. The number of rotatable bonds is 6. The molecule has 0 spiro atoms. The number of anilines is 1. The van der Waals surface area contributed by atoms with Gasteiger partial charge in [0.15, 0.2) is 0 Å². The van der Waals surface area contributed by atoms with Crippen LogP contribution < -0.4 is 16.2 Å². The summed E-state index contributed by atoms with van der Waals surface area (Å²) in [6.45, 7) is 0.721. The molecule has 8 heteroatoms. The zero-order valence-corrected chi connectivity index (χ0v) is 17.8. The third kappa shape index (κ3) is 5.32. The lowest BCUT2D eigenvalue weighted by molar-refractivity contribution is 0.0943. The monoisotopic (exact) mass is 434 g/mol. The van der Waals surface area contributed by atoms with Gasteiger partial charge in [-0.1, -0.05) is 49.6 Å². The minimum atomic E-state index is -0.755. The highest BCUT2D eigenvalue weighted by atomic mass is 16.5. The third-order valence-corrected chi connectivity index (χ3v) is 5.69. The number of fused-ring (bicyclic) bond motifs is 1. The minimum Gasteiger partial charge on any atom is -0.444 e. The average molecular weight is 434 g/mol. The predicted octanol–water partition coefficient (Wildman–Crippen LogP) is 3.75. The molecule has 3 aromatic rings. The van der Waals surface area contributed by atoms with Gasteiger partial charge in [0.1, 0.15) is 17.9 Å². The number of aromatic nitrogens is 2. The second-order valence-electron chi connectivity index (χ2n) is 8.02. The van der Waals surface area contributed by atoms with E-state index in [0.717, 1.165) is 18.4 Å². The zero-order valence-electron chi connectivity index (χ0n) is 17.8. The van der Waals surface area contributed by atoms with Gasteiger partial charge in [0.05, 0.1) is 11.8 Å². The van der Waals surface area contributed by atoms with Crippen LogP contribution in [0.1, 0.15) is 48.0 Å². The van der Waals surface area contributed by atoms with Gasteiger partial charge in [-0.2, -0.15) is 0 Å². The summed E-state index contributed by atoms with van der Waals surface area (Å²) < 4.78 is 6.41. The molecule has 1 fully saturated rings. The maximum Gasteiger partial charge on any atom is 0.412 e. The number of carbonyl (C=O) groups excluding carboxylic acids is 2. The number of ether oxygens (including phenoxy) is 1. The number of nitrogens with zero attached hydrogens (tertiary/aromatic N) is 2. The fraction of sp³-hybridized carbons (Fsp3) is 0.333. The Morgan fingerprint density at radius 2 is 1.84 bits per heavy atom. The van der Waals surface area contributed by atoms with Crippen molar-refractivity contribution in [2.75, 3.05) is 11.9 Å². The number of carbonyl (C=O) groups is 2. The highest BCUT2D eigenvalue weighted by molar-refractivity contribution is 5.94. The summed E-state index contributed by atoms with van der Waals surface area (Å²) >= 11 is 0. The summed E-state index contributed by atoms with van der Waals surface area (Å²) in [5.41, 5.74) is 1.05. The van der Waals surface area contributed by atoms with Crippen molar-refractivity contribution in [1.29, 1.82) is 0 Å². The molecule has 166 valence electrons. The molecule has 4 rings (SSSR count). The maximum atomic E-state index is 12.8. The van der Waals surface area contributed by atoms with E-state index in [1.807, 2.05) is 30.3 Å². The first-order chi connectivity index (χ1) is 15.6. The van der Waals surface area contributed by atoms with E-state index >= 15 is 0 Å². The first-order valence-corrected chi connectivity index (χ1v) is 10.9. The van der Waals surface area contributed by atoms with Crippen LogP contribution in [0.25, 0.3) is 5.65 Å². The Balaban J connectivity index is 1.43. The van der Waals surface area contributed by atoms with Crippen molar-refractivity contribution in [3.63, 3.8) is 0 Å². The molecule has 2 N–H and O–H groups in total. The SMILES string of the molecule is O=C(Nc1cnc2ccc(C(=O)NCC3CCCCC3)cn2c1=O)OCc1ccccc1. The summed E-state index contributed by atoms with van der Waals surface area (Å²) in [4.78, 5) is 41.7. The normalized spacial score (nSPS) is 14.1. The van der Waals surface area contributed by atoms with E-state index < -0.39 is 11.7 Å². The van der Waals surface area contributed by atoms with Crippen LogP contribution in [0.5, 0.6) is 0 Å². The highest BCUT2D eigenvalue weighted by Crippen LogP contribution is 2.22. The summed E-state index contributed by atoms with van der Waals surface area (Å²) in [7, 11) is 0. The smallest absolute Gasteiger partial charge is 0.412 e. The van der Waals surface area contributed by atoms with Crippen LogP contribution in [0.15, 0.2) is 59.7 Å². The van der Waals surface area contributed by atoms with Crippen LogP contribution in [0.3, 0.4) is 0 Å². The van der Waals surface area contributed by atoms with Crippen molar-refractivity contribution in [2.45, 2.75) is 38.7 Å². The van der Waals surface area contributed by atoms with Crippen molar-refractivity contribution < 1.29 is 14.3 Å². The first-order valence-electron chi connectivity index (χ1n) is 10.9. The van der Waals surface area contributed by atoms with Crippen LogP contribution >= 0.6 is 0 Å². The van der Waals surface area contributed by atoms with E-state index in [0.29, 0.717) is 23.7 Å². The summed E-state index contributed by atoms with van der Waals surface area (Å²) in [6.07, 6.45) is 7.93. The van der Waals surface area contributed by atoms with E-state index in [2.05, 4.69) is 15.6 Å².